The molecule has 1 aliphatic rings. The molecule has 6 nitrogen and oxygen atoms in total. The van der Waals surface area contributed by atoms with Crippen molar-refractivity contribution in [1.82, 2.24) is 19.9 Å². The van der Waals surface area contributed by atoms with Gasteiger partial charge in [0.05, 0.1) is 11.9 Å². The first-order chi connectivity index (χ1) is 12.3. The van der Waals surface area contributed by atoms with E-state index < -0.39 is 0 Å². The number of nitrogens with zero attached hydrogens (tertiary/aromatic N) is 5. The van der Waals surface area contributed by atoms with E-state index in [9.17, 15) is 4.39 Å². The monoisotopic (exact) mass is 339 g/mol. The molecule has 0 unspecified atom stereocenters. The van der Waals surface area contributed by atoms with E-state index in [1.807, 2.05) is 0 Å². The molecule has 4 rings (SSSR count). The summed E-state index contributed by atoms with van der Waals surface area (Å²) in [5, 5.41) is 0. The minimum Gasteiger partial charge on any atom is -0.444 e. The van der Waals surface area contributed by atoms with Gasteiger partial charge in [0.2, 0.25) is 5.89 Å². The molecule has 0 saturated carbocycles. The van der Waals surface area contributed by atoms with E-state index in [4.69, 9.17) is 4.42 Å². The molecule has 0 aliphatic carbocycles. The lowest BCUT2D eigenvalue weighted by molar-refractivity contribution is 0.246. The summed E-state index contributed by atoms with van der Waals surface area (Å²) in [5.41, 5.74) is 1.66. The third-order valence-electron chi connectivity index (χ3n) is 4.27. The predicted molar refractivity (Wildman–Crippen MR) is 91.4 cm³/mol. The number of hydrogen-bond donors (Lipinski definition) is 0. The average Bonchev–Trinajstić information content (AvgIpc) is 3.12. The maximum atomic E-state index is 13.0. The molecule has 0 N–H and O–H groups in total. The van der Waals surface area contributed by atoms with Gasteiger partial charge < -0.3 is 9.32 Å². The van der Waals surface area contributed by atoms with Crippen LogP contribution in [0.5, 0.6) is 0 Å². The maximum Gasteiger partial charge on any atom is 0.226 e. The summed E-state index contributed by atoms with van der Waals surface area (Å²) in [4.78, 5) is 17.5. The van der Waals surface area contributed by atoms with Crippen molar-refractivity contribution in [1.29, 1.82) is 0 Å². The molecule has 0 radical (unpaired) electrons. The van der Waals surface area contributed by atoms with Crippen LogP contribution in [0.3, 0.4) is 0 Å². The fourth-order valence-corrected chi connectivity index (χ4v) is 2.92. The largest absolute Gasteiger partial charge is 0.444 e. The SMILES string of the molecule is Fc1ccc(-c2nc(CN3CCN(c4cnccn4)CC3)co2)cc1. The summed E-state index contributed by atoms with van der Waals surface area (Å²) in [5.74, 6) is 1.17. The van der Waals surface area contributed by atoms with Crippen LogP contribution in [0.1, 0.15) is 5.69 Å². The van der Waals surface area contributed by atoms with E-state index in [2.05, 4.69) is 24.8 Å². The van der Waals surface area contributed by atoms with Crippen LogP contribution in [0, 0.1) is 5.82 Å². The summed E-state index contributed by atoms with van der Waals surface area (Å²) in [6.45, 7) is 4.40. The number of anilines is 1. The lowest BCUT2D eigenvalue weighted by Crippen LogP contribution is -2.46. The quantitative estimate of drug-likeness (QED) is 0.728. The smallest absolute Gasteiger partial charge is 0.226 e. The zero-order valence-electron chi connectivity index (χ0n) is 13.7. The molecular formula is C18H18FN5O. The topological polar surface area (TPSA) is 58.3 Å². The molecule has 128 valence electrons. The van der Waals surface area contributed by atoms with Gasteiger partial charge in [0.25, 0.3) is 0 Å². The van der Waals surface area contributed by atoms with Crippen LogP contribution in [0.4, 0.5) is 10.2 Å². The van der Waals surface area contributed by atoms with Crippen molar-refractivity contribution in [2.24, 2.45) is 0 Å². The van der Waals surface area contributed by atoms with Crippen LogP contribution < -0.4 is 4.90 Å². The Labute approximate surface area is 145 Å². The number of benzene rings is 1. The molecule has 0 atom stereocenters. The van der Waals surface area contributed by atoms with Crippen molar-refractivity contribution < 1.29 is 8.81 Å². The van der Waals surface area contributed by atoms with E-state index >= 15 is 0 Å². The molecule has 3 heterocycles. The van der Waals surface area contributed by atoms with E-state index in [1.165, 1.54) is 12.1 Å². The third kappa shape index (κ3) is 3.66. The molecule has 0 amide bonds. The van der Waals surface area contributed by atoms with Gasteiger partial charge in [-0.05, 0) is 24.3 Å². The Hall–Kier alpha value is -2.80. The molecule has 1 aromatic carbocycles. The van der Waals surface area contributed by atoms with Crippen LogP contribution in [0.15, 0.2) is 53.5 Å². The molecule has 0 bridgehead atoms. The van der Waals surface area contributed by atoms with Gasteiger partial charge in [0, 0.05) is 50.7 Å². The molecule has 25 heavy (non-hydrogen) atoms. The Morgan fingerprint density at radius 2 is 1.84 bits per heavy atom. The first-order valence-corrected chi connectivity index (χ1v) is 8.21. The van der Waals surface area contributed by atoms with Crippen molar-refractivity contribution in [2.45, 2.75) is 6.54 Å². The van der Waals surface area contributed by atoms with Gasteiger partial charge in [0.15, 0.2) is 0 Å². The first kappa shape index (κ1) is 15.7. The third-order valence-corrected chi connectivity index (χ3v) is 4.27. The Morgan fingerprint density at radius 1 is 1.04 bits per heavy atom. The summed E-state index contributed by atoms with van der Waals surface area (Å²) in [7, 11) is 0. The van der Waals surface area contributed by atoms with Crippen molar-refractivity contribution in [3.05, 3.63) is 60.6 Å². The first-order valence-electron chi connectivity index (χ1n) is 8.21. The van der Waals surface area contributed by atoms with Gasteiger partial charge in [0.1, 0.15) is 17.9 Å². The molecule has 1 saturated heterocycles. The second-order valence-corrected chi connectivity index (χ2v) is 5.98. The van der Waals surface area contributed by atoms with Crippen LogP contribution in [0.25, 0.3) is 11.5 Å². The summed E-state index contributed by atoms with van der Waals surface area (Å²) in [6, 6.07) is 6.16. The Balaban J connectivity index is 1.35. The lowest BCUT2D eigenvalue weighted by atomic mass is 10.2. The van der Waals surface area contributed by atoms with Crippen LogP contribution in [-0.4, -0.2) is 46.0 Å². The van der Waals surface area contributed by atoms with Gasteiger partial charge in [-0.3, -0.25) is 9.88 Å². The molecule has 1 aliphatic heterocycles. The fourth-order valence-electron chi connectivity index (χ4n) is 2.92. The predicted octanol–water partition coefficient (Wildman–Crippen LogP) is 2.59. The lowest BCUT2D eigenvalue weighted by Gasteiger charge is -2.34. The normalized spacial score (nSPS) is 15.5. The summed E-state index contributed by atoms with van der Waals surface area (Å²) in [6.07, 6.45) is 6.87. The molecule has 1 fully saturated rings. The van der Waals surface area contributed by atoms with Crippen molar-refractivity contribution in [3.63, 3.8) is 0 Å². The van der Waals surface area contributed by atoms with Crippen molar-refractivity contribution in [2.75, 3.05) is 31.1 Å². The van der Waals surface area contributed by atoms with E-state index in [0.717, 1.165) is 49.8 Å². The second kappa shape index (κ2) is 6.98. The van der Waals surface area contributed by atoms with E-state index in [0.29, 0.717) is 5.89 Å². The van der Waals surface area contributed by atoms with E-state index in [1.54, 1.807) is 37.0 Å². The summed E-state index contributed by atoms with van der Waals surface area (Å²) < 4.78 is 18.5. The van der Waals surface area contributed by atoms with Crippen molar-refractivity contribution >= 4 is 5.82 Å². The molecule has 3 aromatic rings. The molecule has 2 aromatic heterocycles. The highest BCUT2D eigenvalue weighted by atomic mass is 19.1. The number of rotatable bonds is 4. The van der Waals surface area contributed by atoms with Gasteiger partial charge in [-0.1, -0.05) is 0 Å². The number of hydrogen-bond acceptors (Lipinski definition) is 6. The van der Waals surface area contributed by atoms with Crippen molar-refractivity contribution in [3.8, 4) is 11.5 Å². The minimum absolute atomic E-state index is 0.267. The Kier molecular flexibility index (Phi) is 4.39. The highest BCUT2D eigenvalue weighted by molar-refractivity contribution is 5.52. The summed E-state index contributed by atoms with van der Waals surface area (Å²) >= 11 is 0. The second-order valence-electron chi connectivity index (χ2n) is 5.98. The van der Waals surface area contributed by atoms with E-state index in [-0.39, 0.29) is 5.82 Å². The number of piperazine rings is 1. The van der Waals surface area contributed by atoms with Crippen LogP contribution in [0.2, 0.25) is 0 Å². The number of aromatic nitrogens is 3. The average molecular weight is 339 g/mol. The van der Waals surface area contributed by atoms with Gasteiger partial charge >= 0.3 is 0 Å². The van der Waals surface area contributed by atoms with Crippen LogP contribution in [-0.2, 0) is 6.54 Å². The van der Waals surface area contributed by atoms with Crippen LogP contribution >= 0.6 is 0 Å². The molecular weight excluding hydrogens is 321 g/mol. The Morgan fingerprint density at radius 3 is 2.56 bits per heavy atom. The van der Waals surface area contributed by atoms with Gasteiger partial charge in [-0.2, -0.15) is 0 Å². The minimum atomic E-state index is -0.267. The van der Waals surface area contributed by atoms with Gasteiger partial charge in [-0.25, -0.2) is 14.4 Å². The zero-order valence-corrected chi connectivity index (χ0v) is 13.7. The highest BCUT2D eigenvalue weighted by Gasteiger charge is 2.19. The number of halogens is 1. The molecule has 0 spiro atoms. The van der Waals surface area contributed by atoms with Gasteiger partial charge in [-0.15, -0.1) is 0 Å². The zero-order chi connectivity index (χ0) is 17.1. The number of oxazole rings is 1. The fraction of sp³-hybridized carbons (Fsp3) is 0.278. The highest BCUT2D eigenvalue weighted by Crippen LogP contribution is 2.20. The molecule has 7 heteroatoms. The Bertz CT molecular complexity index is 813. The standard InChI is InChI=1S/C18H18FN5O/c19-15-3-1-14(2-4-15)18-22-16(13-25-18)12-23-7-9-24(10-8-23)17-11-20-5-6-21-17/h1-6,11,13H,7-10,12H2. The maximum absolute atomic E-state index is 13.0.